The van der Waals surface area contributed by atoms with Crippen LogP contribution < -0.4 is 9.62 Å². The van der Waals surface area contributed by atoms with E-state index >= 15 is 0 Å². The van der Waals surface area contributed by atoms with E-state index in [4.69, 9.17) is 11.6 Å². The molecule has 0 atom stereocenters. The van der Waals surface area contributed by atoms with Crippen molar-refractivity contribution in [3.05, 3.63) is 86.8 Å². The zero-order chi connectivity index (χ0) is 22.8. The van der Waals surface area contributed by atoms with Crippen LogP contribution in [0.4, 0.5) is 11.4 Å². The molecule has 0 aliphatic heterocycles. The number of nitrogens with one attached hydrogen (secondary N) is 1. The summed E-state index contributed by atoms with van der Waals surface area (Å²) in [5, 5.41) is 3.16. The Balaban J connectivity index is 1.97. The van der Waals surface area contributed by atoms with Crippen LogP contribution in [-0.4, -0.2) is 20.9 Å². The Bertz CT molecular complexity index is 1230. The van der Waals surface area contributed by atoms with Gasteiger partial charge in [0.15, 0.2) is 0 Å². The summed E-state index contributed by atoms with van der Waals surface area (Å²) in [4.78, 5) is 12.9. The lowest BCUT2D eigenvalue weighted by Crippen LogP contribution is -2.38. The molecule has 8 heteroatoms. The molecule has 0 saturated carbocycles. The van der Waals surface area contributed by atoms with Crippen molar-refractivity contribution >= 4 is 54.8 Å². The maximum atomic E-state index is 13.4. The maximum Gasteiger partial charge on any atom is 0.264 e. The molecular weight excluding hydrogens is 500 g/mol. The third kappa shape index (κ3) is 5.47. The Kier molecular flexibility index (Phi) is 7.09. The van der Waals surface area contributed by atoms with Gasteiger partial charge < -0.3 is 5.32 Å². The van der Waals surface area contributed by atoms with Crippen molar-refractivity contribution in [1.82, 2.24) is 0 Å². The molecule has 0 unspecified atom stereocenters. The standard InChI is InChI=1S/C23H22BrClN2O3S/c1-15-4-9-20(10-5-15)31(29,30)27(19-8-6-16(2)17(3)12-19)14-23(28)26-18-7-11-21(24)22(25)13-18/h4-13H,14H2,1-3H3,(H,26,28). The number of sulfonamides is 1. The normalized spacial score (nSPS) is 11.3. The van der Waals surface area contributed by atoms with Gasteiger partial charge in [0.25, 0.3) is 10.0 Å². The van der Waals surface area contributed by atoms with Crippen LogP contribution in [0.1, 0.15) is 16.7 Å². The van der Waals surface area contributed by atoms with Crippen LogP contribution in [0.3, 0.4) is 0 Å². The summed E-state index contributed by atoms with van der Waals surface area (Å²) in [6.45, 7) is 5.35. The summed E-state index contributed by atoms with van der Waals surface area (Å²) in [7, 11) is -3.96. The minimum Gasteiger partial charge on any atom is -0.324 e. The monoisotopic (exact) mass is 520 g/mol. The number of nitrogens with zero attached hydrogens (tertiary/aromatic N) is 1. The number of aryl methyl sites for hydroxylation is 3. The minimum atomic E-state index is -3.96. The van der Waals surface area contributed by atoms with Gasteiger partial charge >= 0.3 is 0 Å². The Morgan fingerprint density at radius 3 is 2.26 bits per heavy atom. The Morgan fingerprint density at radius 2 is 1.65 bits per heavy atom. The van der Waals surface area contributed by atoms with Gasteiger partial charge in [0, 0.05) is 10.2 Å². The van der Waals surface area contributed by atoms with E-state index in [1.54, 1.807) is 54.6 Å². The molecule has 0 heterocycles. The summed E-state index contributed by atoms with van der Waals surface area (Å²) in [5.41, 5.74) is 3.81. The summed E-state index contributed by atoms with van der Waals surface area (Å²) < 4.78 is 28.7. The van der Waals surface area contributed by atoms with Gasteiger partial charge in [-0.15, -0.1) is 0 Å². The molecule has 0 spiro atoms. The Labute approximate surface area is 196 Å². The van der Waals surface area contributed by atoms with Crippen LogP contribution in [0.15, 0.2) is 70.0 Å². The summed E-state index contributed by atoms with van der Waals surface area (Å²) in [5.74, 6) is -0.479. The second-order valence-electron chi connectivity index (χ2n) is 7.27. The van der Waals surface area contributed by atoms with E-state index < -0.39 is 15.9 Å². The number of carbonyl (C=O) groups excluding carboxylic acids is 1. The number of amides is 1. The van der Waals surface area contributed by atoms with Gasteiger partial charge in [-0.05, 0) is 90.3 Å². The van der Waals surface area contributed by atoms with Crippen LogP contribution in [0.2, 0.25) is 5.02 Å². The van der Waals surface area contributed by atoms with Gasteiger partial charge in [-0.1, -0.05) is 35.4 Å². The second-order valence-corrected chi connectivity index (χ2v) is 10.4. The number of halogens is 2. The molecule has 3 rings (SSSR count). The fourth-order valence-electron chi connectivity index (χ4n) is 2.94. The highest BCUT2D eigenvalue weighted by Gasteiger charge is 2.27. The molecule has 0 bridgehead atoms. The molecule has 0 radical (unpaired) electrons. The third-order valence-corrected chi connectivity index (χ3v) is 7.90. The average Bonchev–Trinajstić information content (AvgIpc) is 2.71. The highest BCUT2D eigenvalue weighted by molar-refractivity contribution is 9.10. The number of hydrogen-bond donors (Lipinski definition) is 1. The van der Waals surface area contributed by atoms with Crippen molar-refractivity contribution in [1.29, 1.82) is 0 Å². The molecule has 3 aromatic carbocycles. The molecule has 31 heavy (non-hydrogen) atoms. The van der Waals surface area contributed by atoms with Gasteiger partial charge in [0.05, 0.1) is 15.6 Å². The molecular formula is C23H22BrClN2O3S. The minimum absolute atomic E-state index is 0.121. The van der Waals surface area contributed by atoms with Crippen molar-refractivity contribution in [3.8, 4) is 0 Å². The van der Waals surface area contributed by atoms with E-state index in [9.17, 15) is 13.2 Å². The number of hydrogen-bond acceptors (Lipinski definition) is 3. The summed E-state index contributed by atoms with van der Waals surface area (Å²) >= 11 is 9.40. The van der Waals surface area contributed by atoms with Crippen molar-refractivity contribution in [3.63, 3.8) is 0 Å². The van der Waals surface area contributed by atoms with Gasteiger partial charge in [-0.3, -0.25) is 9.10 Å². The number of benzene rings is 3. The molecule has 5 nitrogen and oxygen atoms in total. The smallest absolute Gasteiger partial charge is 0.264 e. The molecule has 1 amide bonds. The SMILES string of the molecule is Cc1ccc(S(=O)(=O)N(CC(=O)Nc2ccc(Br)c(Cl)c2)c2ccc(C)c(C)c2)cc1. The van der Waals surface area contributed by atoms with E-state index in [0.717, 1.165) is 21.0 Å². The molecule has 0 aliphatic carbocycles. The zero-order valence-corrected chi connectivity index (χ0v) is 20.5. The van der Waals surface area contributed by atoms with E-state index in [1.807, 2.05) is 26.8 Å². The van der Waals surface area contributed by atoms with Crippen molar-refractivity contribution in [2.45, 2.75) is 25.7 Å². The zero-order valence-electron chi connectivity index (χ0n) is 17.3. The first kappa shape index (κ1) is 23.3. The number of rotatable bonds is 6. The predicted octanol–water partition coefficient (Wildman–Crippen LogP) is 5.86. The van der Waals surface area contributed by atoms with Crippen molar-refractivity contribution < 1.29 is 13.2 Å². The first-order valence-corrected chi connectivity index (χ1v) is 12.1. The highest BCUT2D eigenvalue weighted by Crippen LogP contribution is 2.28. The topological polar surface area (TPSA) is 66.5 Å². The van der Waals surface area contributed by atoms with Crippen LogP contribution in [0.5, 0.6) is 0 Å². The van der Waals surface area contributed by atoms with Crippen LogP contribution in [0.25, 0.3) is 0 Å². The number of carbonyl (C=O) groups is 1. The van der Waals surface area contributed by atoms with Gasteiger partial charge in [-0.2, -0.15) is 0 Å². The first-order chi connectivity index (χ1) is 14.6. The summed E-state index contributed by atoms with van der Waals surface area (Å²) in [6.07, 6.45) is 0. The van der Waals surface area contributed by atoms with Gasteiger partial charge in [0.1, 0.15) is 6.54 Å². The molecule has 0 saturated heterocycles. The van der Waals surface area contributed by atoms with Crippen LogP contribution in [-0.2, 0) is 14.8 Å². The molecule has 0 aromatic heterocycles. The maximum absolute atomic E-state index is 13.4. The average molecular weight is 522 g/mol. The second kappa shape index (κ2) is 9.42. The fourth-order valence-corrected chi connectivity index (χ4v) is 4.78. The quantitative estimate of drug-likeness (QED) is 0.442. The van der Waals surface area contributed by atoms with Crippen LogP contribution >= 0.6 is 27.5 Å². The molecule has 0 fully saturated rings. The van der Waals surface area contributed by atoms with Crippen molar-refractivity contribution in [2.24, 2.45) is 0 Å². The Hall–Kier alpha value is -2.35. The van der Waals surface area contributed by atoms with E-state index in [-0.39, 0.29) is 11.4 Å². The van der Waals surface area contributed by atoms with Gasteiger partial charge in [0.2, 0.25) is 5.91 Å². The largest absolute Gasteiger partial charge is 0.324 e. The first-order valence-electron chi connectivity index (χ1n) is 9.49. The lowest BCUT2D eigenvalue weighted by Gasteiger charge is -2.25. The predicted molar refractivity (Wildman–Crippen MR) is 129 cm³/mol. The highest BCUT2D eigenvalue weighted by atomic mass is 79.9. The third-order valence-electron chi connectivity index (χ3n) is 4.88. The van der Waals surface area contributed by atoms with Crippen molar-refractivity contribution in [2.75, 3.05) is 16.2 Å². The van der Waals surface area contributed by atoms with Gasteiger partial charge in [-0.25, -0.2) is 8.42 Å². The number of anilines is 2. The molecule has 162 valence electrons. The summed E-state index contributed by atoms with van der Waals surface area (Å²) in [6, 6.07) is 16.9. The van der Waals surface area contributed by atoms with Crippen LogP contribution in [0, 0.1) is 20.8 Å². The van der Waals surface area contributed by atoms with E-state index in [1.165, 1.54) is 0 Å². The lowest BCUT2D eigenvalue weighted by atomic mass is 10.1. The fraction of sp³-hybridized carbons (Fsp3) is 0.174. The molecule has 0 aliphatic rings. The van der Waals surface area contributed by atoms with E-state index in [2.05, 4.69) is 21.2 Å². The molecule has 3 aromatic rings. The van der Waals surface area contributed by atoms with E-state index in [0.29, 0.717) is 20.9 Å². The molecule has 1 N–H and O–H groups in total. The lowest BCUT2D eigenvalue weighted by molar-refractivity contribution is -0.114. The Morgan fingerprint density at radius 1 is 0.968 bits per heavy atom.